The summed E-state index contributed by atoms with van der Waals surface area (Å²) in [7, 11) is 0. The van der Waals surface area contributed by atoms with Crippen molar-refractivity contribution < 1.29 is 9.59 Å². The van der Waals surface area contributed by atoms with Crippen molar-refractivity contribution in [2.24, 2.45) is 11.3 Å². The molecule has 0 aromatic carbocycles. The summed E-state index contributed by atoms with van der Waals surface area (Å²) in [4.78, 5) is 27.0. The number of nitrogens with zero attached hydrogens (tertiary/aromatic N) is 3. The van der Waals surface area contributed by atoms with Crippen molar-refractivity contribution in [3.05, 3.63) is 5.01 Å². The molecule has 6 nitrogen and oxygen atoms in total. The zero-order chi connectivity index (χ0) is 19.9. The minimum Gasteiger partial charge on any atom is -0.337 e. The number of rotatable bonds is 4. The van der Waals surface area contributed by atoms with Gasteiger partial charge < -0.3 is 10.2 Å². The molecule has 7 heteroatoms. The third kappa shape index (κ3) is 5.02. The maximum absolute atomic E-state index is 12.6. The van der Waals surface area contributed by atoms with Crippen molar-refractivity contribution in [3.8, 4) is 0 Å². The van der Waals surface area contributed by atoms with Gasteiger partial charge in [0.2, 0.25) is 16.9 Å². The van der Waals surface area contributed by atoms with Crippen LogP contribution in [0.4, 0.5) is 5.13 Å². The number of hydrogen-bond donors (Lipinski definition) is 1. The molecule has 26 heavy (non-hydrogen) atoms. The first-order chi connectivity index (χ1) is 11.7. The van der Waals surface area contributed by atoms with E-state index in [1.54, 1.807) is 0 Å². The fourth-order valence-electron chi connectivity index (χ4n) is 3.65. The van der Waals surface area contributed by atoms with Gasteiger partial charge in [-0.1, -0.05) is 52.9 Å². The number of aromatic nitrogens is 2. The average molecular weight is 381 g/mol. The van der Waals surface area contributed by atoms with E-state index >= 15 is 0 Å². The van der Waals surface area contributed by atoms with Crippen molar-refractivity contribution in [1.29, 1.82) is 0 Å². The van der Waals surface area contributed by atoms with Gasteiger partial charge in [-0.25, -0.2) is 0 Å². The molecule has 1 N–H and O–H groups in total. The summed E-state index contributed by atoms with van der Waals surface area (Å²) >= 11 is 1.39. The number of carbonyl (C=O) groups is 2. The van der Waals surface area contributed by atoms with Gasteiger partial charge in [0.1, 0.15) is 5.01 Å². The molecule has 1 fully saturated rings. The van der Waals surface area contributed by atoms with Gasteiger partial charge in [0.25, 0.3) is 0 Å². The SMILES string of the molecule is CC(C)(C)CC(C)(C)N1C[C@H](C(=O)Nc2nnc(C(C)(C)C)s2)CC1=O. The molecule has 0 unspecified atom stereocenters. The topological polar surface area (TPSA) is 75.2 Å². The zero-order valence-corrected chi connectivity index (χ0v) is 18.1. The van der Waals surface area contributed by atoms with Crippen molar-refractivity contribution in [2.75, 3.05) is 11.9 Å². The minimum atomic E-state index is -0.344. The van der Waals surface area contributed by atoms with Crippen LogP contribution in [0.25, 0.3) is 0 Å². The van der Waals surface area contributed by atoms with E-state index in [9.17, 15) is 9.59 Å². The third-order valence-electron chi connectivity index (χ3n) is 4.49. The Bertz CT molecular complexity index is 682. The van der Waals surface area contributed by atoms with Crippen LogP contribution in [0.2, 0.25) is 0 Å². The molecule has 0 radical (unpaired) electrons. The molecule has 146 valence electrons. The molecule has 1 saturated heterocycles. The Morgan fingerprint density at radius 1 is 1.15 bits per heavy atom. The number of amides is 2. The largest absolute Gasteiger partial charge is 0.337 e. The summed E-state index contributed by atoms with van der Waals surface area (Å²) < 4.78 is 0. The number of likely N-dealkylation sites (tertiary alicyclic amines) is 1. The van der Waals surface area contributed by atoms with Crippen molar-refractivity contribution in [3.63, 3.8) is 0 Å². The Labute approximate surface area is 160 Å². The Hall–Kier alpha value is -1.50. The average Bonchev–Trinajstić information content (AvgIpc) is 3.02. The van der Waals surface area contributed by atoms with Crippen LogP contribution in [0.1, 0.15) is 73.2 Å². The molecular formula is C19H32N4O2S. The van der Waals surface area contributed by atoms with Crippen LogP contribution in [0, 0.1) is 11.3 Å². The van der Waals surface area contributed by atoms with Gasteiger partial charge in [-0.05, 0) is 25.7 Å². The summed E-state index contributed by atoms with van der Waals surface area (Å²) in [6.07, 6.45) is 1.13. The molecule has 2 amide bonds. The number of nitrogens with one attached hydrogen (secondary N) is 1. The number of carbonyl (C=O) groups excluding carboxylic acids is 2. The molecule has 0 spiro atoms. The lowest BCUT2D eigenvalue weighted by Gasteiger charge is -2.40. The molecule has 0 bridgehead atoms. The first kappa shape index (κ1) is 20.8. The standard InChI is InChI=1S/C19H32N4O2S/c1-17(2,3)11-19(7,8)23-10-12(9-13(23)24)14(25)20-16-22-21-15(26-16)18(4,5)6/h12H,9-11H2,1-8H3,(H,20,22,25)/t12-/m1/s1. The second-order valence-electron chi connectivity index (χ2n) is 10.1. The molecule has 2 rings (SSSR count). The quantitative estimate of drug-likeness (QED) is 0.861. The summed E-state index contributed by atoms with van der Waals surface area (Å²) in [5.41, 5.74) is -0.260. The molecule has 1 aliphatic rings. The van der Waals surface area contributed by atoms with E-state index in [0.29, 0.717) is 11.7 Å². The van der Waals surface area contributed by atoms with Crippen LogP contribution >= 0.6 is 11.3 Å². The molecule has 2 heterocycles. The Kier molecular flexibility index (Phi) is 5.53. The first-order valence-corrected chi connectivity index (χ1v) is 9.96. The van der Waals surface area contributed by atoms with Gasteiger partial charge in [0, 0.05) is 23.9 Å². The van der Waals surface area contributed by atoms with E-state index in [4.69, 9.17) is 0 Å². The predicted octanol–water partition coefficient (Wildman–Crippen LogP) is 3.84. The lowest BCUT2D eigenvalue weighted by Crippen LogP contribution is -2.47. The lowest BCUT2D eigenvalue weighted by molar-refractivity contribution is -0.133. The highest BCUT2D eigenvalue weighted by Crippen LogP contribution is 2.35. The molecular weight excluding hydrogens is 348 g/mol. The second kappa shape index (κ2) is 6.91. The Morgan fingerprint density at radius 2 is 1.77 bits per heavy atom. The maximum atomic E-state index is 12.6. The molecule has 1 atom stereocenters. The van der Waals surface area contributed by atoms with Crippen molar-refractivity contribution in [1.82, 2.24) is 15.1 Å². The van der Waals surface area contributed by atoms with Crippen LogP contribution in [0.3, 0.4) is 0 Å². The lowest BCUT2D eigenvalue weighted by atomic mass is 9.81. The van der Waals surface area contributed by atoms with Crippen LogP contribution < -0.4 is 5.32 Å². The van der Waals surface area contributed by atoms with E-state index in [-0.39, 0.29) is 40.5 Å². The molecule has 0 saturated carbocycles. The second-order valence-corrected chi connectivity index (χ2v) is 11.1. The number of hydrogen-bond acceptors (Lipinski definition) is 5. The van der Waals surface area contributed by atoms with Crippen LogP contribution in [-0.4, -0.2) is 39.0 Å². The van der Waals surface area contributed by atoms with Gasteiger partial charge >= 0.3 is 0 Å². The van der Waals surface area contributed by atoms with Crippen LogP contribution in [0.5, 0.6) is 0 Å². The Balaban J connectivity index is 2.03. The highest BCUT2D eigenvalue weighted by Gasteiger charge is 2.43. The first-order valence-electron chi connectivity index (χ1n) is 9.14. The fourth-order valence-corrected chi connectivity index (χ4v) is 4.45. The van der Waals surface area contributed by atoms with E-state index in [1.807, 2.05) is 4.90 Å². The summed E-state index contributed by atoms with van der Waals surface area (Å²) in [6.45, 7) is 17.3. The smallest absolute Gasteiger partial charge is 0.231 e. The van der Waals surface area contributed by atoms with Gasteiger partial charge in [-0.2, -0.15) is 0 Å². The highest BCUT2D eigenvalue weighted by molar-refractivity contribution is 7.15. The highest BCUT2D eigenvalue weighted by atomic mass is 32.1. The van der Waals surface area contributed by atoms with Crippen molar-refractivity contribution in [2.45, 2.75) is 79.2 Å². The normalized spacial score (nSPS) is 19.2. The van der Waals surface area contributed by atoms with E-state index in [1.165, 1.54) is 11.3 Å². The molecule has 0 aliphatic carbocycles. The predicted molar refractivity (Wildman–Crippen MR) is 105 cm³/mol. The maximum Gasteiger partial charge on any atom is 0.231 e. The minimum absolute atomic E-state index is 0.0482. The third-order valence-corrected chi connectivity index (χ3v) is 5.75. The van der Waals surface area contributed by atoms with Gasteiger partial charge in [-0.3, -0.25) is 9.59 Å². The van der Waals surface area contributed by atoms with Crippen LogP contribution in [0.15, 0.2) is 0 Å². The molecule has 1 aromatic heterocycles. The number of anilines is 1. The van der Waals surface area contributed by atoms with E-state index in [2.05, 4.69) is 70.9 Å². The zero-order valence-electron chi connectivity index (χ0n) is 17.3. The summed E-state index contributed by atoms with van der Waals surface area (Å²) in [5, 5.41) is 12.4. The van der Waals surface area contributed by atoms with Gasteiger partial charge in [0.15, 0.2) is 0 Å². The molecule has 1 aromatic rings. The summed E-state index contributed by atoms with van der Waals surface area (Å²) in [5.74, 6) is -0.445. The van der Waals surface area contributed by atoms with Crippen molar-refractivity contribution >= 4 is 28.3 Å². The van der Waals surface area contributed by atoms with E-state index < -0.39 is 0 Å². The monoisotopic (exact) mass is 380 g/mol. The Morgan fingerprint density at radius 3 is 2.27 bits per heavy atom. The summed E-state index contributed by atoms with van der Waals surface area (Å²) in [6, 6.07) is 0. The molecule has 1 aliphatic heterocycles. The van der Waals surface area contributed by atoms with Gasteiger partial charge in [0.05, 0.1) is 5.92 Å². The fraction of sp³-hybridized carbons (Fsp3) is 0.789. The van der Waals surface area contributed by atoms with Crippen LogP contribution in [-0.2, 0) is 15.0 Å². The van der Waals surface area contributed by atoms with Gasteiger partial charge in [-0.15, -0.1) is 10.2 Å². The van der Waals surface area contributed by atoms with E-state index in [0.717, 1.165) is 11.4 Å².